The van der Waals surface area contributed by atoms with Crippen LogP contribution >= 0.6 is 0 Å². The van der Waals surface area contributed by atoms with Crippen molar-refractivity contribution in [1.82, 2.24) is 0 Å². The molecule has 0 aromatic rings. The maximum absolute atomic E-state index is 11.4. The van der Waals surface area contributed by atoms with Gasteiger partial charge in [0.05, 0.1) is 0 Å². The van der Waals surface area contributed by atoms with Crippen LogP contribution in [0.3, 0.4) is 0 Å². The summed E-state index contributed by atoms with van der Waals surface area (Å²) in [6.07, 6.45) is 0.545. The van der Waals surface area contributed by atoms with Crippen molar-refractivity contribution in [2.75, 3.05) is 0 Å². The van der Waals surface area contributed by atoms with Gasteiger partial charge in [0, 0.05) is 18.8 Å². The third-order valence-corrected chi connectivity index (χ3v) is 3.52. The van der Waals surface area contributed by atoms with Crippen LogP contribution in [0.5, 0.6) is 0 Å². The fraction of sp³-hybridized carbons (Fsp3) is 0.800. The summed E-state index contributed by atoms with van der Waals surface area (Å²) < 4.78 is 0. The minimum absolute atomic E-state index is 0.00292. The number of carboxylic acids is 1. The predicted octanol–water partition coefficient (Wildman–Crippen LogP) is 1.71. The van der Waals surface area contributed by atoms with Crippen molar-refractivity contribution in [2.45, 2.75) is 33.6 Å². The minimum Gasteiger partial charge on any atom is -0.481 e. The van der Waals surface area contributed by atoms with E-state index >= 15 is 0 Å². The summed E-state index contributed by atoms with van der Waals surface area (Å²) in [5, 5.41) is 8.67. The van der Waals surface area contributed by atoms with Gasteiger partial charge in [-0.2, -0.15) is 0 Å². The standard InChI is InChI=1S/C10H16O3/c1-6-8(11)4-7(5-9(12)13)10(6,2)3/h6-7H,4-5H2,1-3H3,(H,12,13)/t6-,7?/m1/s1. The number of rotatable bonds is 2. The molecule has 0 saturated heterocycles. The maximum atomic E-state index is 11.4. The molecule has 0 bridgehead atoms. The van der Waals surface area contributed by atoms with E-state index in [2.05, 4.69) is 0 Å². The molecule has 0 spiro atoms. The van der Waals surface area contributed by atoms with Gasteiger partial charge in [-0.25, -0.2) is 0 Å². The number of ketones is 1. The molecule has 0 radical (unpaired) electrons. The molecule has 1 fully saturated rings. The van der Waals surface area contributed by atoms with E-state index in [0.717, 1.165) is 0 Å². The van der Waals surface area contributed by atoms with E-state index < -0.39 is 5.97 Å². The number of hydrogen-bond acceptors (Lipinski definition) is 2. The Morgan fingerprint density at radius 3 is 2.46 bits per heavy atom. The molecule has 13 heavy (non-hydrogen) atoms. The van der Waals surface area contributed by atoms with Crippen molar-refractivity contribution in [2.24, 2.45) is 17.3 Å². The second kappa shape index (κ2) is 3.13. The first-order valence-corrected chi connectivity index (χ1v) is 4.60. The summed E-state index contributed by atoms with van der Waals surface area (Å²) in [5.74, 6) is -0.597. The van der Waals surface area contributed by atoms with Crippen LogP contribution in [0.2, 0.25) is 0 Å². The Labute approximate surface area is 78.1 Å². The zero-order valence-electron chi connectivity index (χ0n) is 8.33. The second-order valence-electron chi connectivity index (χ2n) is 4.51. The van der Waals surface area contributed by atoms with Gasteiger partial charge in [0.2, 0.25) is 0 Å². The topological polar surface area (TPSA) is 54.4 Å². The molecule has 0 heterocycles. The second-order valence-corrected chi connectivity index (χ2v) is 4.51. The number of Topliss-reactive ketones (excluding diaryl/α,β-unsaturated/α-hetero) is 1. The first kappa shape index (κ1) is 10.2. The maximum Gasteiger partial charge on any atom is 0.303 e. The Kier molecular flexibility index (Phi) is 2.46. The monoisotopic (exact) mass is 184 g/mol. The molecule has 1 aliphatic rings. The molecule has 3 heteroatoms. The van der Waals surface area contributed by atoms with Crippen LogP contribution in [0.15, 0.2) is 0 Å². The van der Waals surface area contributed by atoms with Gasteiger partial charge in [-0.15, -0.1) is 0 Å². The molecule has 3 nitrogen and oxygen atoms in total. The molecule has 74 valence electrons. The average molecular weight is 184 g/mol. The summed E-state index contributed by atoms with van der Waals surface area (Å²) in [6, 6.07) is 0. The fourth-order valence-corrected chi connectivity index (χ4v) is 2.00. The van der Waals surface area contributed by atoms with Gasteiger partial charge in [-0.3, -0.25) is 9.59 Å². The molecule has 0 amide bonds. The smallest absolute Gasteiger partial charge is 0.303 e. The van der Waals surface area contributed by atoms with E-state index in [-0.39, 0.29) is 29.5 Å². The van der Waals surface area contributed by atoms with Crippen molar-refractivity contribution in [3.63, 3.8) is 0 Å². The highest BCUT2D eigenvalue weighted by atomic mass is 16.4. The third kappa shape index (κ3) is 1.74. The molecule has 1 rings (SSSR count). The average Bonchev–Trinajstić information content (AvgIpc) is 2.15. The molecule has 1 aliphatic carbocycles. The molecular weight excluding hydrogens is 168 g/mol. The van der Waals surface area contributed by atoms with Crippen LogP contribution in [0.1, 0.15) is 33.6 Å². The van der Waals surface area contributed by atoms with E-state index in [1.807, 2.05) is 20.8 Å². The van der Waals surface area contributed by atoms with E-state index in [0.29, 0.717) is 6.42 Å². The molecule has 2 atom stereocenters. The molecular formula is C10H16O3. The Balaban J connectivity index is 2.78. The summed E-state index contributed by atoms with van der Waals surface area (Å²) in [4.78, 5) is 21.9. The molecule has 1 saturated carbocycles. The van der Waals surface area contributed by atoms with Crippen LogP contribution < -0.4 is 0 Å². The summed E-state index contributed by atoms with van der Waals surface area (Å²) >= 11 is 0. The SMILES string of the molecule is C[C@@H]1C(=O)CC(CC(=O)O)C1(C)C. The van der Waals surface area contributed by atoms with E-state index in [4.69, 9.17) is 5.11 Å². The molecule has 0 aromatic carbocycles. The molecule has 0 aliphatic heterocycles. The van der Waals surface area contributed by atoms with Crippen LogP contribution in [0, 0.1) is 17.3 Å². The molecule has 1 N–H and O–H groups in total. The van der Waals surface area contributed by atoms with E-state index in [1.165, 1.54) is 0 Å². The normalized spacial score (nSPS) is 32.1. The number of hydrogen-bond donors (Lipinski definition) is 1. The van der Waals surface area contributed by atoms with Crippen molar-refractivity contribution in [1.29, 1.82) is 0 Å². The van der Waals surface area contributed by atoms with Gasteiger partial charge in [0.1, 0.15) is 5.78 Å². The lowest BCUT2D eigenvalue weighted by Crippen LogP contribution is -2.26. The number of carboxylic acid groups (broad SMARTS) is 1. The van der Waals surface area contributed by atoms with Crippen LogP contribution in [-0.2, 0) is 9.59 Å². The van der Waals surface area contributed by atoms with Crippen LogP contribution in [0.4, 0.5) is 0 Å². The predicted molar refractivity (Wildman–Crippen MR) is 48.3 cm³/mol. The highest BCUT2D eigenvalue weighted by Crippen LogP contribution is 2.46. The highest BCUT2D eigenvalue weighted by Gasteiger charge is 2.46. The molecule has 0 aromatic heterocycles. The van der Waals surface area contributed by atoms with Gasteiger partial charge < -0.3 is 5.11 Å². The zero-order chi connectivity index (χ0) is 10.2. The minimum atomic E-state index is -0.806. The first-order chi connectivity index (χ1) is 5.85. The van der Waals surface area contributed by atoms with Gasteiger partial charge >= 0.3 is 5.97 Å². The lowest BCUT2D eigenvalue weighted by molar-refractivity contribution is -0.139. The Hall–Kier alpha value is -0.860. The number of aliphatic carboxylic acids is 1. The van der Waals surface area contributed by atoms with E-state index in [1.54, 1.807) is 0 Å². The van der Waals surface area contributed by atoms with Crippen molar-refractivity contribution < 1.29 is 14.7 Å². The lowest BCUT2D eigenvalue weighted by atomic mass is 9.75. The summed E-state index contributed by atoms with van der Waals surface area (Å²) in [7, 11) is 0. The van der Waals surface area contributed by atoms with Gasteiger partial charge in [0.25, 0.3) is 0 Å². The first-order valence-electron chi connectivity index (χ1n) is 4.60. The Morgan fingerprint density at radius 2 is 2.15 bits per heavy atom. The van der Waals surface area contributed by atoms with Gasteiger partial charge in [0.15, 0.2) is 0 Å². The number of carbonyl (C=O) groups is 2. The third-order valence-electron chi connectivity index (χ3n) is 3.52. The van der Waals surface area contributed by atoms with Gasteiger partial charge in [-0.1, -0.05) is 20.8 Å². The van der Waals surface area contributed by atoms with Crippen molar-refractivity contribution in [3.05, 3.63) is 0 Å². The highest BCUT2D eigenvalue weighted by molar-refractivity contribution is 5.85. The van der Waals surface area contributed by atoms with Crippen molar-refractivity contribution in [3.8, 4) is 0 Å². The Bertz CT molecular complexity index is 241. The largest absolute Gasteiger partial charge is 0.481 e. The van der Waals surface area contributed by atoms with Crippen LogP contribution in [-0.4, -0.2) is 16.9 Å². The quantitative estimate of drug-likeness (QED) is 0.710. The molecule has 1 unspecified atom stereocenters. The zero-order valence-corrected chi connectivity index (χ0v) is 8.33. The summed E-state index contributed by atoms with van der Waals surface area (Å²) in [6.45, 7) is 5.86. The summed E-state index contributed by atoms with van der Waals surface area (Å²) in [5.41, 5.74) is -0.157. The van der Waals surface area contributed by atoms with E-state index in [9.17, 15) is 9.59 Å². The van der Waals surface area contributed by atoms with Gasteiger partial charge in [-0.05, 0) is 11.3 Å². The number of carbonyl (C=O) groups excluding carboxylic acids is 1. The Morgan fingerprint density at radius 1 is 1.62 bits per heavy atom. The fourth-order valence-electron chi connectivity index (χ4n) is 2.00. The van der Waals surface area contributed by atoms with Crippen LogP contribution in [0.25, 0.3) is 0 Å². The van der Waals surface area contributed by atoms with Crippen molar-refractivity contribution >= 4 is 11.8 Å². The lowest BCUT2D eigenvalue weighted by Gasteiger charge is -2.28.